The molecule has 0 aliphatic rings. The van der Waals surface area contributed by atoms with Crippen molar-refractivity contribution in [3.8, 4) is 6.07 Å². The summed E-state index contributed by atoms with van der Waals surface area (Å²) in [5, 5.41) is 11.9. The Hall–Kier alpha value is -3.01. The van der Waals surface area contributed by atoms with Crippen molar-refractivity contribution in [2.75, 3.05) is 32.1 Å². The molecule has 1 aromatic rings. The second-order valence-electron chi connectivity index (χ2n) is 7.78. The summed E-state index contributed by atoms with van der Waals surface area (Å²) < 4.78 is 10.3. The molecule has 7 heteroatoms. The summed E-state index contributed by atoms with van der Waals surface area (Å²) in [4.78, 5) is 25.5. The highest BCUT2D eigenvalue weighted by atomic mass is 16.6. The quantitative estimate of drug-likeness (QED) is 0.292. The predicted molar refractivity (Wildman–Crippen MR) is 113 cm³/mol. The van der Waals surface area contributed by atoms with Crippen LogP contribution in [0.1, 0.15) is 45.6 Å². The number of carbonyl (C=O) groups is 2. The molecule has 1 aromatic carbocycles. The molecule has 1 N–H and O–H groups in total. The maximum Gasteiger partial charge on any atom is 0.407 e. The van der Waals surface area contributed by atoms with Crippen LogP contribution in [-0.2, 0) is 14.3 Å². The van der Waals surface area contributed by atoms with Gasteiger partial charge in [0.2, 0.25) is 0 Å². The maximum atomic E-state index is 12.1. The Morgan fingerprint density at radius 1 is 1.14 bits per heavy atom. The van der Waals surface area contributed by atoms with Crippen LogP contribution >= 0.6 is 0 Å². The molecule has 0 aliphatic heterocycles. The van der Waals surface area contributed by atoms with Gasteiger partial charge in [-0.1, -0.05) is 12.1 Å². The molecule has 0 saturated carbocycles. The number of nitrogens with one attached hydrogen (secondary N) is 1. The van der Waals surface area contributed by atoms with E-state index < -0.39 is 17.7 Å². The summed E-state index contributed by atoms with van der Waals surface area (Å²) in [5.74, 6) is -0.629. The van der Waals surface area contributed by atoms with Crippen molar-refractivity contribution in [2.45, 2.75) is 45.6 Å². The first-order valence-corrected chi connectivity index (χ1v) is 9.65. The Bertz CT molecular complexity index is 741. The summed E-state index contributed by atoms with van der Waals surface area (Å²) in [7, 11) is 3.88. The Morgan fingerprint density at radius 3 is 2.34 bits per heavy atom. The normalized spacial score (nSPS) is 11.4. The summed E-state index contributed by atoms with van der Waals surface area (Å²) >= 11 is 0. The lowest BCUT2D eigenvalue weighted by atomic mass is 10.1. The molecule has 1 amide bonds. The molecule has 0 fully saturated rings. The van der Waals surface area contributed by atoms with Crippen LogP contribution in [0, 0.1) is 11.3 Å². The standard InChI is InChI=1S/C22H31N3O4/c1-22(2,3)29-21(27)24-13-7-6-8-14-28-20(26)18(16-23)15-17-9-11-19(12-10-17)25(4)5/h9-12,15H,6-8,13-14H2,1-5H3,(H,24,27)/b18-15+. The number of carbonyl (C=O) groups excluding carboxylic acids is 2. The van der Waals surface area contributed by atoms with Gasteiger partial charge in [0.05, 0.1) is 6.61 Å². The Morgan fingerprint density at radius 2 is 1.79 bits per heavy atom. The van der Waals surface area contributed by atoms with E-state index in [1.807, 2.05) is 70.1 Å². The van der Waals surface area contributed by atoms with Crippen LogP contribution in [0.25, 0.3) is 6.08 Å². The molecule has 0 unspecified atom stereocenters. The summed E-state index contributed by atoms with van der Waals surface area (Å²) in [6.45, 7) is 6.15. The maximum absolute atomic E-state index is 12.1. The van der Waals surface area contributed by atoms with Crippen molar-refractivity contribution in [3.63, 3.8) is 0 Å². The van der Waals surface area contributed by atoms with Gasteiger partial charge in [-0.2, -0.15) is 5.26 Å². The van der Waals surface area contributed by atoms with Gasteiger partial charge in [0.25, 0.3) is 0 Å². The SMILES string of the molecule is CN(C)c1ccc(/C=C(\C#N)C(=O)OCCCCCNC(=O)OC(C)(C)C)cc1. The third-order valence-electron chi connectivity index (χ3n) is 3.78. The highest BCUT2D eigenvalue weighted by Crippen LogP contribution is 2.15. The first-order chi connectivity index (χ1) is 13.6. The minimum Gasteiger partial charge on any atom is -0.462 e. The van der Waals surface area contributed by atoms with E-state index in [1.165, 1.54) is 6.08 Å². The van der Waals surface area contributed by atoms with Crippen LogP contribution in [0.3, 0.4) is 0 Å². The number of esters is 1. The van der Waals surface area contributed by atoms with Crippen molar-refractivity contribution in [2.24, 2.45) is 0 Å². The Kier molecular flexibility index (Phi) is 9.73. The zero-order chi connectivity index (χ0) is 21.9. The van der Waals surface area contributed by atoms with Crippen LogP contribution in [0.5, 0.6) is 0 Å². The van der Waals surface area contributed by atoms with Crippen LogP contribution in [0.2, 0.25) is 0 Å². The van der Waals surface area contributed by atoms with Gasteiger partial charge in [0.1, 0.15) is 17.2 Å². The summed E-state index contributed by atoms with van der Waals surface area (Å²) in [6.07, 6.45) is 3.26. The number of benzene rings is 1. The predicted octanol–water partition coefficient (Wildman–Crippen LogP) is 3.90. The fourth-order valence-electron chi connectivity index (χ4n) is 2.32. The Balaban J connectivity index is 2.32. The van der Waals surface area contributed by atoms with Gasteiger partial charge in [-0.3, -0.25) is 0 Å². The molecule has 1 rings (SSSR count). The van der Waals surface area contributed by atoms with Gasteiger partial charge in [0, 0.05) is 26.3 Å². The van der Waals surface area contributed by atoms with E-state index in [1.54, 1.807) is 0 Å². The lowest BCUT2D eigenvalue weighted by Crippen LogP contribution is -2.33. The van der Waals surface area contributed by atoms with Gasteiger partial charge in [0.15, 0.2) is 0 Å². The van der Waals surface area contributed by atoms with Crippen molar-refractivity contribution in [1.29, 1.82) is 5.26 Å². The summed E-state index contributed by atoms with van der Waals surface area (Å²) in [6, 6.07) is 9.41. The number of amides is 1. The number of nitriles is 1. The monoisotopic (exact) mass is 401 g/mol. The highest BCUT2D eigenvalue weighted by Gasteiger charge is 2.15. The second-order valence-corrected chi connectivity index (χ2v) is 7.78. The van der Waals surface area contributed by atoms with Crippen LogP contribution < -0.4 is 10.2 Å². The molecule has 0 heterocycles. The van der Waals surface area contributed by atoms with Crippen molar-refractivity contribution in [3.05, 3.63) is 35.4 Å². The average molecular weight is 402 g/mol. The van der Waals surface area contributed by atoms with Crippen LogP contribution in [0.15, 0.2) is 29.8 Å². The number of ether oxygens (including phenoxy) is 2. The average Bonchev–Trinajstić information content (AvgIpc) is 2.64. The van der Waals surface area contributed by atoms with E-state index in [2.05, 4.69) is 5.32 Å². The first kappa shape index (κ1) is 24.0. The van der Waals surface area contributed by atoms with Crippen LogP contribution in [-0.4, -0.2) is 44.9 Å². The third-order valence-corrected chi connectivity index (χ3v) is 3.78. The summed E-state index contributed by atoms with van der Waals surface area (Å²) in [5.41, 5.74) is 1.24. The largest absolute Gasteiger partial charge is 0.462 e. The van der Waals surface area contributed by atoms with Crippen molar-refractivity contribution < 1.29 is 19.1 Å². The molecule has 0 spiro atoms. The number of rotatable bonds is 9. The minimum absolute atomic E-state index is 0.0332. The van der Waals surface area contributed by atoms with E-state index in [0.29, 0.717) is 13.0 Å². The molecule has 29 heavy (non-hydrogen) atoms. The van der Waals surface area contributed by atoms with E-state index >= 15 is 0 Å². The number of nitrogens with zero attached hydrogens (tertiary/aromatic N) is 2. The zero-order valence-electron chi connectivity index (χ0n) is 17.9. The smallest absolute Gasteiger partial charge is 0.407 e. The molecular formula is C22H31N3O4. The molecule has 158 valence electrons. The lowest BCUT2D eigenvalue weighted by molar-refractivity contribution is -0.138. The first-order valence-electron chi connectivity index (χ1n) is 9.65. The van der Waals surface area contributed by atoms with Crippen molar-refractivity contribution >= 4 is 23.8 Å². The van der Waals surface area contributed by atoms with Gasteiger partial charge >= 0.3 is 12.1 Å². The zero-order valence-corrected chi connectivity index (χ0v) is 17.9. The Labute approximate surface area is 173 Å². The van der Waals surface area contributed by atoms with Crippen molar-refractivity contribution in [1.82, 2.24) is 5.32 Å². The topological polar surface area (TPSA) is 91.7 Å². The molecule has 0 atom stereocenters. The number of hydrogen-bond acceptors (Lipinski definition) is 6. The fourth-order valence-corrected chi connectivity index (χ4v) is 2.32. The van der Waals surface area contributed by atoms with E-state index in [0.717, 1.165) is 24.1 Å². The van der Waals surface area contributed by atoms with Gasteiger partial charge in [-0.05, 0) is 63.8 Å². The highest BCUT2D eigenvalue weighted by molar-refractivity contribution is 5.97. The lowest BCUT2D eigenvalue weighted by Gasteiger charge is -2.19. The molecular weight excluding hydrogens is 370 g/mol. The molecule has 0 aromatic heterocycles. The number of anilines is 1. The molecule has 0 saturated heterocycles. The number of alkyl carbamates (subject to hydrolysis) is 1. The third kappa shape index (κ3) is 10.2. The fraction of sp³-hybridized carbons (Fsp3) is 0.500. The van der Waals surface area contributed by atoms with E-state index in [4.69, 9.17) is 9.47 Å². The molecule has 0 aliphatic carbocycles. The van der Waals surface area contributed by atoms with Gasteiger partial charge in [-0.25, -0.2) is 9.59 Å². The van der Waals surface area contributed by atoms with Gasteiger partial charge < -0.3 is 19.7 Å². The van der Waals surface area contributed by atoms with E-state index in [9.17, 15) is 14.9 Å². The minimum atomic E-state index is -0.629. The van der Waals surface area contributed by atoms with Crippen LogP contribution in [0.4, 0.5) is 10.5 Å². The van der Waals surface area contributed by atoms with Gasteiger partial charge in [-0.15, -0.1) is 0 Å². The molecule has 0 bridgehead atoms. The molecule has 7 nitrogen and oxygen atoms in total. The number of hydrogen-bond donors (Lipinski definition) is 1. The number of unbranched alkanes of at least 4 members (excludes halogenated alkanes) is 2. The van der Waals surface area contributed by atoms with E-state index in [-0.39, 0.29) is 12.2 Å². The second kappa shape index (κ2) is 11.7. The molecule has 0 radical (unpaired) electrons.